The van der Waals surface area contributed by atoms with Crippen LogP contribution in [-0.2, 0) is 0 Å². The third-order valence-electron chi connectivity index (χ3n) is 3.59. The van der Waals surface area contributed by atoms with E-state index in [1.54, 1.807) is 0 Å². The zero-order chi connectivity index (χ0) is 7.84. The molecule has 0 saturated heterocycles. The molecular formula is C10H19N. The van der Waals surface area contributed by atoms with Gasteiger partial charge in [-0.3, -0.25) is 0 Å². The summed E-state index contributed by atoms with van der Waals surface area (Å²) >= 11 is 0. The summed E-state index contributed by atoms with van der Waals surface area (Å²) in [4.78, 5) is 0. The van der Waals surface area contributed by atoms with E-state index in [1.165, 1.54) is 32.1 Å². The normalized spacial score (nSPS) is 50.7. The van der Waals surface area contributed by atoms with E-state index in [1.807, 2.05) is 0 Å². The quantitative estimate of drug-likeness (QED) is 0.567. The van der Waals surface area contributed by atoms with Gasteiger partial charge in [-0.25, -0.2) is 0 Å². The molecule has 1 heteroatoms. The zero-order valence-corrected chi connectivity index (χ0v) is 7.42. The van der Waals surface area contributed by atoms with Crippen LogP contribution in [0, 0.1) is 17.8 Å². The van der Waals surface area contributed by atoms with Gasteiger partial charge >= 0.3 is 0 Å². The van der Waals surface area contributed by atoms with E-state index in [-0.39, 0.29) is 0 Å². The second-order valence-electron chi connectivity index (χ2n) is 4.68. The zero-order valence-electron chi connectivity index (χ0n) is 7.42. The standard InChI is InChI=1S/C10H19N/c1-7-4-8-2-3-10(11)9(5-7)6-8/h7-10H,2-6,11H2,1H3. The molecule has 2 bridgehead atoms. The van der Waals surface area contributed by atoms with Crippen LogP contribution in [0.4, 0.5) is 0 Å². The fourth-order valence-electron chi connectivity index (χ4n) is 3.05. The van der Waals surface area contributed by atoms with E-state index in [9.17, 15) is 0 Å². The molecule has 2 rings (SSSR count). The molecule has 4 unspecified atom stereocenters. The molecule has 0 radical (unpaired) electrons. The Kier molecular flexibility index (Phi) is 1.92. The van der Waals surface area contributed by atoms with Crippen LogP contribution in [0.15, 0.2) is 0 Å². The third kappa shape index (κ3) is 1.44. The van der Waals surface area contributed by atoms with Crippen LogP contribution in [0.3, 0.4) is 0 Å². The minimum atomic E-state index is 0.536. The van der Waals surface area contributed by atoms with Crippen LogP contribution in [-0.4, -0.2) is 6.04 Å². The lowest BCUT2D eigenvalue weighted by Gasteiger charge is -2.41. The Morgan fingerprint density at radius 2 is 1.91 bits per heavy atom. The minimum Gasteiger partial charge on any atom is -0.327 e. The molecule has 0 heterocycles. The molecule has 0 aliphatic heterocycles. The highest BCUT2D eigenvalue weighted by molar-refractivity contribution is 4.88. The molecule has 11 heavy (non-hydrogen) atoms. The predicted molar refractivity (Wildman–Crippen MR) is 47.2 cm³/mol. The third-order valence-corrected chi connectivity index (χ3v) is 3.59. The lowest BCUT2D eigenvalue weighted by Crippen LogP contribution is -2.40. The molecule has 2 aliphatic carbocycles. The molecule has 2 aliphatic rings. The van der Waals surface area contributed by atoms with Crippen LogP contribution in [0.25, 0.3) is 0 Å². The van der Waals surface area contributed by atoms with E-state index in [0.717, 1.165) is 17.8 Å². The number of fused-ring (bicyclic) bond motifs is 2. The van der Waals surface area contributed by atoms with E-state index in [0.29, 0.717) is 6.04 Å². The monoisotopic (exact) mass is 153 g/mol. The van der Waals surface area contributed by atoms with Gasteiger partial charge in [-0.2, -0.15) is 0 Å². The average molecular weight is 153 g/mol. The number of nitrogens with two attached hydrogens (primary N) is 1. The van der Waals surface area contributed by atoms with Crippen molar-refractivity contribution in [3.8, 4) is 0 Å². The Labute approximate surface area is 69.4 Å². The Bertz CT molecular complexity index is 142. The second-order valence-corrected chi connectivity index (χ2v) is 4.68. The molecule has 1 nitrogen and oxygen atoms in total. The number of hydrogen-bond donors (Lipinski definition) is 1. The first kappa shape index (κ1) is 7.60. The average Bonchev–Trinajstić information content (AvgIpc) is 1.97. The van der Waals surface area contributed by atoms with Crippen molar-refractivity contribution < 1.29 is 0 Å². The number of hydrogen-bond acceptors (Lipinski definition) is 1. The summed E-state index contributed by atoms with van der Waals surface area (Å²) < 4.78 is 0. The maximum absolute atomic E-state index is 6.05. The van der Waals surface area contributed by atoms with Crippen LogP contribution in [0.1, 0.15) is 39.0 Å². The fraction of sp³-hybridized carbons (Fsp3) is 1.00. The van der Waals surface area contributed by atoms with Crippen molar-refractivity contribution >= 4 is 0 Å². The Morgan fingerprint density at radius 3 is 2.73 bits per heavy atom. The maximum Gasteiger partial charge on any atom is 0.00674 e. The summed E-state index contributed by atoms with van der Waals surface area (Å²) in [6.07, 6.45) is 7.01. The molecule has 4 atom stereocenters. The van der Waals surface area contributed by atoms with Gasteiger partial charge in [0.15, 0.2) is 0 Å². The van der Waals surface area contributed by atoms with Gasteiger partial charge in [0.05, 0.1) is 0 Å². The lowest BCUT2D eigenvalue weighted by molar-refractivity contribution is 0.126. The highest BCUT2D eigenvalue weighted by Gasteiger charge is 2.33. The van der Waals surface area contributed by atoms with Crippen molar-refractivity contribution in [3.05, 3.63) is 0 Å². The molecule has 0 amide bonds. The summed E-state index contributed by atoms with van der Waals surface area (Å²) in [6.45, 7) is 2.39. The summed E-state index contributed by atoms with van der Waals surface area (Å²) in [5.74, 6) is 2.85. The van der Waals surface area contributed by atoms with E-state index in [4.69, 9.17) is 5.73 Å². The molecule has 0 aromatic heterocycles. The van der Waals surface area contributed by atoms with Crippen LogP contribution < -0.4 is 5.73 Å². The van der Waals surface area contributed by atoms with Gasteiger partial charge in [0.2, 0.25) is 0 Å². The predicted octanol–water partition coefficient (Wildman–Crippen LogP) is 2.16. The van der Waals surface area contributed by atoms with Crippen molar-refractivity contribution in [3.63, 3.8) is 0 Å². The summed E-state index contributed by atoms with van der Waals surface area (Å²) in [6, 6.07) is 0.536. The molecule has 0 spiro atoms. The van der Waals surface area contributed by atoms with E-state index < -0.39 is 0 Å². The molecule has 2 saturated carbocycles. The molecule has 0 aromatic rings. The highest BCUT2D eigenvalue weighted by Crippen LogP contribution is 2.41. The Balaban J connectivity index is 2.02. The summed E-state index contributed by atoms with van der Waals surface area (Å²) in [5, 5.41) is 0. The van der Waals surface area contributed by atoms with Crippen molar-refractivity contribution in [1.82, 2.24) is 0 Å². The van der Waals surface area contributed by atoms with Gasteiger partial charge in [0.1, 0.15) is 0 Å². The maximum atomic E-state index is 6.05. The molecule has 2 N–H and O–H groups in total. The van der Waals surface area contributed by atoms with Gasteiger partial charge in [-0.1, -0.05) is 6.92 Å². The summed E-state index contributed by atoms with van der Waals surface area (Å²) in [5.41, 5.74) is 6.05. The first-order chi connectivity index (χ1) is 5.25. The lowest BCUT2D eigenvalue weighted by atomic mass is 9.67. The first-order valence-corrected chi connectivity index (χ1v) is 5.01. The number of rotatable bonds is 0. The second kappa shape index (κ2) is 2.78. The van der Waals surface area contributed by atoms with Gasteiger partial charge in [0.25, 0.3) is 0 Å². The van der Waals surface area contributed by atoms with E-state index in [2.05, 4.69) is 6.92 Å². The SMILES string of the molecule is CC1CC2CCC(N)C(C1)C2. The van der Waals surface area contributed by atoms with Crippen molar-refractivity contribution in [2.75, 3.05) is 0 Å². The van der Waals surface area contributed by atoms with Crippen molar-refractivity contribution in [2.24, 2.45) is 23.5 Å². The Morgan fingerprint density at radius 1 is 1.09 bits per heavy atom. The minimum absolute atomic E-state index is 0.536. The van der Waals surface area contributed by atoms with Crippen LogP contribution >= 0.6 is 0 Å². The van der Waals surface area contributed by atoms with Crippen molar-refractivity contribution in [2.45, 2.75) is 45.1 Å². The van der Waals surface area contributed by atoms with E-state index >= 15 is 0 Å². The van der Waals surface area contributed by atoms with Gasteiger partial charge in [0, 0.05) is 6.04 Å². The molecule has 0 aromatic carbocycles. The molecular weight excluding hydrogens is 134 g/mol. The van der Waals surface area contributed by atoms with Gasteiger partial charge in [-0.05, 0) is 49.9 Å². The summed E-state index contributed by atoms with van der Waals surface area (Å²) in [7, 11) is 0. The Hall–Kier alpha value is -0.0400. The van der Waals surface area contributed by atoms with Crippen LogP contribution in [0.2, 0.25) is 0 Å². The topological polar surface area (TPSA) is 26.0 Å². The first-order valence-electron chi connectivity index (χ1n) is 5.01. The van der Waals surface area contributed by atoms with Gasteiger partial charge < -0.3 is 5.73 Å². The van der Waals surface area contributed by atoms with Crippen LogP contribution in [0.5, 0.6) is 0 Å². The molecule has 64 valence electrons. The largest absolute Gasteiger partial charge is 0.327 e. The fourth-order valence-corrected chi connectivity index (χ4v) is 3.05. The highest BCUT2D eigenvalue weighted by atomic mass is 14.7. The van der Waals surface area contributed by atoms with Gasteiger partial charge in [-0.15, -0.1) is 0 Å². The smallest absolute Gasteiger partial charge is 0.00674 e. The van der Waals surface area contributed by atoms with Crippen molar-refractivity contribution in [1.29, 1.82) is 0 Å². The molecule has 2 fully saturated rings.